The van der Waals surface area contributed by atoms with E-state index in [1.807, 2.05) is 7.05 Å². The Labute approximate surface area is 102 Å². The average Bonchev–Trinajstić information content (AvgIpc) is 2.33. The van der Waals surface area contributed by atoms with Crippen LogP contribution in [-0.4, -0.2) is 7.05 Å². The lowest BCUT2D eigenvalue weighted by molar-refractivity contribution is 0.485. The smallest absolute Gasteiger partial charge is 0.159 e. The molecule has 0 aliphatic heterocycles. The second-order valence-electron chi connectivity index (χ2n) is 4.36. The fourth-order valence-corrected chi connectivity index (χ4v) is 1.98. The summed E-state index contributed by atoms with van der Waals surface area (Å²) in [6.07, 6.45) is 5.70. The molecule has 0 saturated heterocycles. The zero-order valence-electron chi connectivity index (χ0n) is 10.6. The second kappa shape index (κ2) is 7.38. The summed E-state index contributed by atoms with van der Waals surface area (Å²) < 4.78 is 25.9. The van der Waals surface area contributed by atoms with Gasteiger partial charge in [-0.1, -0.05) is 38.7 Å². The van der Waals surface area contributed by atoms with Crippen LogP contribution in [0, 0.1) is 11.6 Å². The number of hydrogen-bond donors (Lipinski definition) is 1. The molecule has 0 spiro atoms. The van der Waals surface area contributed by atoms with Gasteiger partial charge in [-0.2, -0.15) is 0 Å². The van der Waals surface area contributed by atoms with Crippen molar-refractivity contribution in [1.29, 1.82) is 0 Å². The molecule has 1 aromatic rings. The highest BCUT2D eigenvalue weighted by Gasteiger charge is 2.11. The van der Waals surface area contributed by atoms with E-state index in [4.69, 9.17) is 0 Å². The molecule has 0 amide bonds. The van der Waals surface area contributed by atoms with Gasteiger partial charge in [-0.05, 0) is 31.2 Å². The molecule has 1 N–H and O–H groups in total. The number of halogens is 2. The molecular weight excluding hydrogens is 220 g/mol. The van der Waals surface area contributed by atoms with Crippen LogP contribution in [0.1, 0.15) is 50.6 Å². The Morgan fingerprint density at radius 3 is 2.47 bits per heavy atom. The average molecular weight is 241 g/mol. The van der Waals surface area contributed by atoms with Crippen LogP contribution in [0.15, 0.2) is 18.2 Å². The third-order valence-corrected chi connectivity index (χ3v) is 3.04. The van der Waals surface area contributed by atoms with E-state index in [2.05, 4.69) is 12.2 Å². The number of nitrogens with one attached hydrogen (secondary N) is 1. The molecule has 3 heteroatoms. The van der Waals surface area contributed by atoms with Crippen molar-refractivity contribution in [1.82, 2.24) is 5.32 Å². The maximum Gasteiger partial charge on any atom is 0.159 e. The van der Waals surface area contributed by atoms with Crippen molar-refractivity contribution < 1.29 is 8.78 Å². The SMILES string of the molecule is CCCCCCC(NC)c1ccc(F)c(F)c1. The van der Waals surface area contributed by atoms with Gasteiger partial charge in [-0.3, -0.25) is 0 Å². The molecule has 1 nitrogen and oxygen atoms in total. The first-order valence-electron chi connectivity index (χ1n) is 6.31. The van der Waals surface area contributed by atoms with Crippen LogP contribution in [0.3, 0.4) is 0 Å². The van der Waals surface area contributed by atoms with Crippen LogP contribution in [0.4, 0.5) is 8.78 Å². The van der Waals surface area contributed by atoms with Crippen molar-refractivity contribution in [2.75, 3.05) is 7.05 Å². The van der Waals surface area contributed by atoms with Crippen molar-refractivity contribution in [3.63, 3.8) is 0 Å². The van der Waals surface area contributed by atoms with Gasteiger partial charge in [0.15, 0.2) is 11.6 Å². The van der Waals surface area contributed by atoms with Gasteiger partial charge in [-0.25, -0.2) is 8.78 Å². The van der Waals surface area contributed by atoms with E-state index in [-0.39, 0.29) is 6.04 Å². The highest BCUT2D eigenvalue weighted by Crippen LogP contribution is 2.21. The van der Waals surface area contributed by atoms with Gasteiger partial charge in [0.05, 0.1) is 0 Å². The molecule has 96 valence electrons. The van der Waals surface area contributed by atoms with Gasteiger partial charge < -0.3 is 5.32 Å². The number of benzene rings is 1. The van der Waals surface area contributed by atoms with Crippen LogP contribution in [0.2, 0.25) is 0 Å². The molecule has 0 aliphatic rings. The second-order valence-corrected chi connectivity index (χ2v) is 4.36. The van der Waals surface area contributed by atoms with Crippen molar-refractivity contribution in [3.8, 4) is 0 Å². The first-order chi connectivity index (χ1) is 8.19. The summed E-state index contributed by atoms with van der Waals surface area (Å²) in [5.74, 6) is -1.55. The fraction of sp³-hybridized carbons (Fsp3) is 0.571. The summed E-state index contributed by atoms with van der Waals surface area (Å²) in [5.41, 5.74) is 0.822. The Morgan fingerprint density at radius 2 is 1.88 bits per heavy atom. The van der Waals surface area contributed by atoms with Crippen molar-refractivity contribution in [2.24, 2.45) is 0 Å². The van der Waals surface area contributed by atoms with Crippen molar-refractivity contribution in [2.45, 2.75) is 45.1 Å². The summed E-state index contributed by atoms with van der Waals surface area (Å²) >= 11 is 0. The summed E-state index contributed by atoms with van der Waals surface area (Å²) in [5, 5.41) is 3.15. The van der Waals surface area contributed by atoms with Gasteiger partial charge in [0.1, 0.15) is 0 Å². The lowest BCUT2D eigenvalue weighted by atomic mass is 10.00. The molecule has 1 rings (SSSR count). The number of hydrogen-bond acceptors (Lipinski definition) is 1. The van der Waals surface area contributed by atoms with Crippen LogP contribution < -0.4 is 5.32 Å². The quantitative estimate of drug-likeness (QED) is 0.706. The standard InChI is InChI=1S/C14H21F2N/c1-3-4-5-6-7-14(17-2)11-8-9-12(15)13(16)10-11/h8-10,14,17H,3-7H2,1-2H3. The normalized spacial score (nSPS) is 12.7. The summed E-state index contributed by atoms with van der Waals surface area (Å²) in [7, 11) is 1.85. The van der Waals surface area contributed by atoms with Gasteiger partial charge in [-0.15, -0.1) is 0 Å². The number of unbranched alkanes of at least 4 members (excludes halogenated alkanes) is 3. The third kappa shape index (κ3) is 4.43. The lowest BCUT2D eigenvalue weighted by Crippen LogP contribution is -2.16. The van der Waals surface area contributed by atoms with E-state index >= 15 is 0 Å². The Bertz CT molecular complexity index is 339. The lowest BCUT2D eigenvalue weighted by Gasteiger charge is -2.16. The van der Waals surface area contributed by atoms with E-state index in [0.29, 0.717) is 0 Å². The van der Waals surface area contributed by atoms with Crippen molar-refractivity contribution in [3.05, 3.63) is 35.4 Å². The summed E-state index contributed by atoms with van der Waals surface area (Å²) in [6.45, 7) is 2.17. The van der Waals surface area contributed by atoms with Crippen LogP contribution >= 0.6 is 0 Å². The maximum atomic E-state index is 13.1. The predicted molar refractivity (Wildman–Crippen MR) is 66.9 cm³/mol. The molecule has 1 atom stereocenters. The minimum absolute atomic E-state index is 0.113. The van der Waals surface area contributed by atoms with E-state index in [1.165, 1.54) is 31.4 Å². The Balaban J connectivity index is 2.56. The molecule has 0 aromatic heterocycles. The van der Waals surface area contributed by atoms with Crippen LogP contribution in [0.25, 0.3) is 0 Å². The Kier molecular flexibility index (Phi) is 6.12. The maximum absolute atomic E-state index is 13.1. The molecule has 0 radical (unpaired) electrons. The fourth-order valence-electron chi connectivity index (χ4n) is 1.98. The molecular formula is C14H21F2N. The first kappa shape index (κ1) is 14.1. The van der Waals surface area contributed by atoms with Gasteiger partial charge >= 0.3 is 0 Å². The molecule has 0 heterocycles. The topological polar surface area (TPSA) is 12.0 Å². The minimum Gasteiger partial charge on any atom is -0.313 e. The summed E-state index contributed by atoms with van der Waals surface area (Å²) in [6, 6.07) is 4.25. The van der Waals surface area contributed by atoms with Crippen LogP contribution in [-0.2, 0) is 0 Å². The monoisotopic (exact) mass is 241 g/mol. The first-order valence-corrected chi connectivity index (χ1v) is 6.31. The zero-order valence-corrected chi connectivity index (χ0v) is 10.6. The van der Waals surface area contributed by atoms with Gasteiger partial charge in [0, 0.05) is 6.04 Å². The van der Waals surface area contributed by atoms with Gasteiger partial charge in [0.25, 0.3) is 0 Å². The molecule has 0 aliphatic carbocycles. The van der Waals surface area contributed by atoms with E-state index in [9.17, 15) is 8.78 Å². The van der Waals surface area contributed by atoms with Gasteiger partial charge in [0.2, 0.25) is 0 Å². The molecule has 1 unspecified atom stereocenters. The minimum atomic E-state index is -0.783. The Morgan fingerprint density at radius 1 is 1.12 bits per heavy atom. The zero-order chi connectivity index (χ0) is 12.7. The van der Waals surface area contributed by atoms with Crippen LogP contribution in [0.5, 0.6) is 0 Å². The summed E-state index contributed by atoms with van der Waals surface area (Å²) in [4.78, 5) is 0. The van der Waals surface area contributed by atoms with E-state index in [0.717, 1.165) is 18.4 Å². The molecule has 0 bridgehead atoms. The third-order valence-electron chi connectivity index (χ3n) is 3.04. The van der Waals surface area contributed by atoms with E-state index in [1.54, 1.807) is 6.07 Å². The highest BCUT2D eigenvalue weighted by molar-refractivity contribution is 5.21. The highest BCUT2D eigenvalue weighted by atomic mass is 19.2. The molecule has 1 aromatic carbocycles. The molecule has 17 heavy (non-hydrogen) atoms. The molecule has 0 saturated carbocycles. The Hall–Kier alpha value is -0.960. The largest absolute Gasteiger partial charge is 0.313 e. The van der Waals surface area contributed by atoms with E-state index < -0.39 is 11.6 Å². The predicted octanol–water partition coefficient (Wildman–Crippen LogP) is 4.20. The number of rotatable bonds is 7. The molecule has 0 fully saturated rings. The van der Waals surface area contributed by atoms with Crippen molar-refractivity contribution >= 4 is 0 Å².